The minimum absolute atomic E-state index is 0.113. The molecule has 0 aliphatic carbocycles. The number of hydrogen-bond donors (Lipinski definition) is 1. The zero-order chi connectivity index (χ0) is 13.1. The highest BCUT2D eigenvalue weighted by Crippen LogP contribution is 2.25. The number of carbonyl (C=O) groups is 1. The van der Waals surface area contributed by atoms with E-state index in [1.165, 1.54) is 16.5 Å². The molecule has 2 rings (SSSR count). The van der Waals surface area contributed by atoms with Crippen molar-refractivity contribution in [2.75, 3.05) is 10.6 Å². The van der Waals surface area contributed by atoms with Gasteiger partial charge in [0.2, 0.25) is 5.91 Å². The van der Waals surface area contributed by atoms with Gasteiger partial charge < -0.3 is 5.32 Å². The SMILES string of the molecule is CC(=O)n1ccc(Nc2nc(C)c(CCBr)s2)n1. The van der Waals surface area contributed by atoms with Gasteiger partial charge in [-0.25, -0.2) is 9.67 Å². The summed E-state index contributed by atoms with van der Waals surface area (Å²) in [6.07, 6.45) is 2.59. The summed E-state index contributed by atoms with van der Waals surface area (Å²) in [7, 11) is 0. The molecule has 0 radical (unpaired) electrons. The van der Waals surface area contributed by atoms with E-state index in [0.717, 1.165) is 22.6 Å². The van der Waals surface area contributed by atoms with Gasteiger partial charge in [0, 0.05) is 29.4 Å². The predicted molar refractivity (Wildman–Crippen MR) is 76.2 cm³/mol. The Balaban J connectivity index is 2.12. The van der Waals surface area contributed by atoms with E-state index in [9.17, 15) is 4.79 Å². The summed E-state index contributed by atoms with van der Waals surface area (Å²) >= 11 is 5.03. The molecule has 0 aliphatic heterocycles. The van der Waals surface area contributed by atoms with E-state index in [-0.39, 0.29) is 5.91 Å². The lowest BCUT2D eigenvalue weighted by Crippen LogP contribution is -2.06. The summed E-state index contributed by atoms with van der Waals surface area (Å²) in [4.78, 5) is 16.8. The molecule has 0 fully saturated rings. The molecule has 18 heavy (non-hydrogen) atoms. The van der Waals surface area contributed by atoms with Gasteiger partial charge in [-0.15, -0.1) is 16.4 Å². The number of hydrogen-bond acceptors (Lipinski definition) is 5. The second kappa shape index (κ2) is 5.62. The molecule has 0 bridgehead atoms. The van der Waals surface area contributed by atoms with E-state index < -0.39 is 0 Å². The summed E-state index contributed by atoms with van der Waals surface area (Å²) < 4.78 is 1.29. The maximum absolute atomic E-state index is 11.1. The third-order valence-electron chi connectivity index (χ3n) is 2.36. The number of carbonyl (C=O) groups excluding carboxylic acids is 1. The predicted octanol–water partition coefficient (Wildman–Crippen LogP) is 2.99. The van der Waals surface area contributed by atoms with E-state index in [2.05, 4.69) is 31.3 Å². The number of aryl methyl sites for hydroxylation is 2. The standard InChI is InChI=1S/C11H13BrN4OS/c1-7-9(3-5-12)18-11(13-7)14-10-4-6-16(15-10)8(2)17/h4,6H,3,5H2,1-2H3,(H,13,14,15). The third-order valence-corrected chi connectivity index (χ3v) is 3.89. The lowest BCUT2D eigenvalue weighted by atomic mass is 10.3. The first-order valence-corrected chi connectivity index (χ1v) is 7.40. The van der Waals surface area contributed by atoms with Crippen molar-refractivity contribution in [1.82, 2.24) is 14.8 Å². The maximum atomic E-state index is 11.1. The molecule has 0 aliphatic rings. The number of halogens is 1. The molecule has 5 nitrogen and oxygen atoms in total. The zero-order valence-corrected chi connectivity index (χ0v) is 12.5. The summed E-state index contributed by atoms with van der Waals surface area (Å²) in [5.74, 6) is 0.516. The quantitative estimate of drug-likeness (QED) is 0.876. The molecular weight excluding hydrogens is 316 g/mol. The zero-order valence-electron chi connectivity index (χ0n) is 10.1. The summed E-state index contributed by atoms with van der Waals surface area (Å²) in [6, 6.07) is 1.75. The van der Waals surface area contributed by atoms with Gasteiger partial charge in [-0.1, -0.05) is 15.9 Å². The number of rotatable bonds is 4. The van der Waals surface area contributed by atoms with E-state index in [1.54, 1.807) is 23.6 Å². The van der Waals surface area contributed by atoms with Crippen LogP contribution in [0, 0.1) is 6.92 Å². The van der Waals surface area contributed by atoms with Gasteiger partial charge in [0.05, 0.1) is 5.69 Å². The van der Waals surface area contributed by atoms with Crippen LogP contribution in [0.15, 0.2) is 12.3 Å². The van der Waals surface area contributed by atoms with Crippen LogP contribution in [0.5, 0.6) is 0 Å². The highest BCUT2D eigenvalue weighted by atomic mass is 79.9. The molecule has 0 saturated carbocycles. The number of anilines is 2. The molecule has 0 aromatic carbocycles. The van der Waals surface area contributed by atoms with Crippen molar-refractivity contribution in [2.24, 2.45) is 0 Å². The summed E-state index contributed by atoms with van der Waals surface area (Å²) in [5, 5.41) is 8.94. The van der Waals surface area contributed by atoms with Crippen LogP contribution in [0.4, 0.5) is 10.9 Å². The van der Waals surface area contributed by atoms with Crippen LogP contribution in [-0.2, 0) is 6.42 Å². The molecule has 0 spiro atoms. The number of nitrogens with one attached hydrogen (secondary N) is 1. The van der Waals surface area contributed by atoms with Crippen LogP contribution >= 0.6 is 27.3 Å². The Morgan fingerprint density at radius 1 is 1.61 bits per heavy atom. The Hall–Kier alpha value is -1.21. The summed E-state index contributed by atoms with van der Waals surface area (Å²) in [6.45, 7) is 3.46. The Kier molecular flexibility index (Phi) is 4.13. The molecule has 0 saturated heterocycles. The minimum atomic E-state index is -0.113. The van der Waals surface area contributed by atoms with Gasteiger partial charge in [0.25, 0.3) is 0 Å². The molecule has 2 aromatic rings. The smallest absolute Gasteiger partial charge is 0.243 e. The first-order chi connectivity index (χ1) is 8.60. The molecule has 2 heterocycles. The van der Waals surface area contributed by atoms with E-state index in [4.69, 9.17) is 0 Å². The van der Waals surface area contributed by atoms with Gasteiger partial charge in [-0.05, 0) is 13.3 Å². The number of nitrogens with zero attached hydrogens (tertiary/aromatic N) is 3. The van der Waals surface area contributed by atoms with Gasteiger partial charge in [-0.2, -0.15) is 0 Å². The molecule has 1 N–H and O–H groups in total. The van der Waals surface area contributed by atoms with Crippen molar-refractivity contribution in [3.05, 3.63) is 22.8 Å². The Morgan fingerprint density at radius 2 is 2.39 bits per heavy atom. The largest absolute Gasteiger partial charge is 0.315 e. The van der Waals surface area contributed by atoms with Gasteiger partial charge in [-0.3, -0.25) is 4.79 Å². The Bertz CT molecular complexity index is 563. The topological polar surface area (TPSA) is 59.8 Å². The van der Waals surface area contributed by atoms with Crippen LogP contribution in [0.3, 0.4) is 0 Å². The molecule has 2 aromatic heterocycles. The molecule has 96 valence electrons. The average Bonchev–Trinajstić information content (AvgIpc) is 2.88. The van der Waals surface area contributed by atoms with Gasteiger partial charge in [0.15, 0.2) is 10.9 Å². The van der Waals surface area contributed by atoms with Gasteiger partial charge >= 0.3 is 0 Å². The number of alkyl halides is 1. The van der Waals surface area contributed by atoms with Crippen molar-refractivity contribution in [3.63, 3.8) is 0 Å². The van der Waals surface area contributed by atoms with Crippen molar-refractivity contribution in [2.45, 2.75) is 20.3 Å². The first-order valence-electron chi connectivity index (χ1n) is 5.46. The molecule has 0 atom stereocenters. The lowest BCUT2D eigenvalue weighted by molar-refractivity contribution is 0.0921. The van der Waals surface area contributed by atoms with Crippen LogP contribution in [0.2, 0.25) is 0 Å². The minimum Gasteiger partial charge on any atom is -0.315 e. The van der Waals surface area contributed by atoms with Crippen molar-refractivity contribution >= 4 is 44.1 Å². The van der Waals surface area contributed by atoms with Crippen molar-refractivity contribution in [3.8, 4) is 0 Å². The van der Waals surface area contributed by atoms with Crippen LogP contribution < -0.4 is 5.32 Å². The van der Waals surface area contributed by atoms with Crippen molar-refractivity contribution in [1.29, 1.82) is 0 Å². The van der Waals surface area contributed by atoms with E-state index >= 15 is 0 Å². The highest BCUT2D eigenvalue weighted by molar-refractivity contribution is 9.09. The Morgan fingerprint density at radius 3 is 3.00 bits per heavy atom. The second-order valence-corrected chi connectivity index (χ2v) is 5.63. The number of aromatic nitrogens is 3. The number of thiazole rings is 1. The van der Waals surface area contributed by atoms with E-state index in [0.29, 0.717) is 5.82 Å². The van der Waals surface area contributed by atoms with Gasteiger partial charge in [0.1, 0.15) is 0 Å². The summed E-state index contributed by atoms with van der Waals surface area (Å²) in [5.41, 5.74) is 1.04. The molecule has 0 unspecified atom stereocenters. The lowest BCUT2D eigenvalue weighted by Gasteiger charge is -1.96. The Labute approximate surface area is 117 Å². The maximum Gasteiger partial charge on any atom is 0.243 e. The van der Waals surface area contributed by atoms with Crippen LogP contribution in [-0.4, -0.2) is 26.0 Å². The highest BCUT2D eigenvalue weighted by Gasteiger charge is 2.09. The third kappa shape index (κ3) is 2.97. The molecule has 7 heteroatoms. The van der Waals surface area contributed by atoms with Crippen molar-refractivity contribution < 1.29 is 4.79 Å². The normalized spacial score (nSPS) is 10.6. The monoisotopic (exact) mass is 328 g/mol. The fourth-order valence-corrected chi connectivity index (χ4v) is 3.10. The molecular formula is C11H13BrN4OS. The second-order valence-electron chi connectivity index (χ2n) is 3.76. The van der Waals surface area contributed by atoms with Crippen LogP contribution in [0.1, 0.15) is 22.3 Å². The molecule has 0 amide bonds. The average molecular weight is 329 g/mol. The van der Waals surface area contributed by atoms with E-state index in [1.807, 2.05) is 6.92 Å². The van der Waals surface area contributed by atoms with Crippen LogP contribution in [0.25, 0.3) is 0 Å². The fraction of sp³-hybridized carbons (Fsp3) is 0.364. The fourth-order valence-electron chi connectivity index (χ4n) is 1.47. The first kappa shape index (κ1) is 13.2.